The van der Waals surface area contributed by atoms with Crippen molar-refractivity contribution in [3.05, 3.63) is 107 Å². The molecular weight excluding hydrogens is 467 g/mol. The third-order valence-electron chi connectivity index (χ3n) is 5.37. The number of aromatic nitrogens is 3. The molecule has 0 saturated carbocycles. The van der Waals surface area contributed by atoms with Crippen LogP contribution in [0.3, 0.4) is 0 Å². The molecule has 0 aliphatic heterocycles. The first kappa shape index (κ1) is 21.9. The first-order valence-corrected chi connectivity index (χ1v) is 10.6. The normalized spacial score (nSPS) is 11.8. The standard InChI is InChI=1S/C25H15ClF3N3O2/c26-17-12-10-15(11-13-17)14-32-19-9-5-4-8-18(19)20(22(32)25(27,28)29)21(33)23-30-24(34-31-23)16-6-2-1-3-7-16/h1-13H,14H2. The molecule has 0 fully saturated rings. The Bertz CT molecular complexity index is 1490. The second-order valence-electron chi connectivity index (χ2n) is 7.57. The molecule has 0 saturated heterocycles. The summed E-state index contributed by atoms with van der Waals surface area (Å²) in [4.78, 5) is 17.4. The quantitative estimate of drug-likeness (QED) is 0.264. The van der Waals surface area contributed by atoms with Gasteiger partial charge in [-0.2, -0.15) is 18.2 Å². The molecule has 170 valence electrons. The SMILES string of the molecule is O=C(c1noc(-c2ccccc2)n1)c1c(C(F)(F)F)n(Cc2ccc(Cl)cc2)c2ccccc12. The lowest BCUT2D eigenvalue weighted by Gasteiger charge is -2.14. The molecule has 0 bridgehead atoms. The fourth-order valence-corrected chi connectivity index (χ4v) is 4.02. The van der Waals surface area contributed by atoms with Gasteiger partial charge in [-0.15, -0.1) is 0 Å². The molecule has 0 aliphatic carbocycles. The van der Waals surface area contributed by atoms with Gasteiger partial charge in [0.2, 0.25) is 11.6 Å². The van der Waals surface area contributed by atoms with Crippen molar-refractivity contribution in [1.82, 2.24) is 14.7 Å². The van der Waals surface area contributed by atoms with Gasteiger partial charge in [0, 0.05) is 28.0 Å². The van der Waals surface area contributed by atoms with E-state index in [1.54, 1.807) is 72.8 Å². The van der Waals surface area contributed by atoms with Gasteiger partial charge in [0.05, 0.1) is 5.56 Å². The summed E-state index contributed by atoms with van der Waals surface area (Å²) < 4.78 is 49.5. The summed E-state index contributed by atoms with van der Waals surface area (Å²) in [6.45, 7) is -0.110. The van der Waals surface area contributed by atoms with Crippen LogP contribution in [-0.4, -0.2) is 20.5 Å². The van der Waals surface area contributed by atoms with Gasteiger partial charge >= 0.3 is 6.18 Å². The molecule has 0 aliphatic rings. The van der Waals surface area contributed by atoms with Crippen molar-refractivity contribution in [2.75, 3.05) is 0 Å². The summed E-state index contributed by atoms with van der Waals surface area (Å²) in [6.07, 6.45) is -4.82. The van der Waals surface area contributed by atoms with E-state index >= 15 is 0 Å². The van der Waals surface area contributed by atoms with Crippen LogP contribution in [0, 0.1) is 0 Å². The van der Waals surface area contributed by atoms with Crippen molar-refractivity contribution in [2.45, 2.75) is 12.7 Å². The van der Waals surface area contributed by atoms with Crippen molar-refractivity contribution < 1.29 is 22.5 Å². The number of hydrogen-bond donors (Lipinski definition) is 0. The van der Waals surface area contributed by atoms with Gasteiger partial charge in [-0.25, -0.2) is 0 Å². The molecular formula is C25H15ClF3N3O2. The van der Waals surface area contributed by atoms with E-state index in [-0.39, 0.29) is 23.3 Å². The van der Waals surface area contributed by atoms with E-state index in [2.05, 4.69) is 10.1 Å². The first-order valence-electron chi connectivity index (χ1n) is 10.2. The van der Waals surface area contributed by atoms with Crippen molar-refractivity contribution in [3.8, 4) is 11.5 Å². The average Bonchev–Trinajstić information content (AvgIpc) is 3.44. The number of hydrogen-bond acceptors (Lipinski definition) is 4. The maximum absolute atomic E-state index is 14.4. The third kappa shape index (κ3) is 3.97. The number of ketones is 1. The number of nitrogens with zero attached hydrogens (tertiary/aromatic N) is 3. The van der Waals surface area contributed by atoms with Crippen LogP contribution in [0.4, 0.5) is 13.2 Å². The van der Waals surface area contributed by atoms with Crippen LogP contribution in [0.25, 0.3) is 22.4 Å². The largest absolute Gasteiger partial charge is 0.432 e. The van der Waals surface area contributed by atoms with E-state index in [0.29, 0.717) is 16.1 Å². The number of para-hydroxylation sites is 1. The summed E-state index contributed by atoms with van der Waals surface area (Å²) in [6, 6.07) is 21.4. The van der Waals surface area contributed by atoms with Gasteiger partial charge in [0.1, 0.15) is 5.69 Å². The van der Waals surface area contributed by atoms with Crippen LogP contribution in [-0.2, 0) is 12.7 Å². The zero-order valence-electron chi connectivity index (χ0n) is 17.4. The van der Waals surface area contributed by atoms with Crippen molar-refractivity contribution in [3.63, 3.8) is 0 Å². The molecule has 0 N–H and O–H groups in total. The summed E-state index contributed by atoms with van der Waals surface area (Å²) >= 11 is 5.92. The average molecular weight is 482 g/mol. The van der Waals surface area contributed by atoms with Gasteiger partial charge < -0.3 is 9.09 Å². The molecule has 0 radical (unpaired) electrons. The Balaban J connectivity index is 1.67. The number of carbonyl (C=O) groups excluding carboxylic acids is 1. The van der Waals surface area contributed by atoms with Crippen LogP contribution in [0.15, 0.2) is 83.4 Å². The summed E-state index contributed by atoms with van der Waals surface area (Å²) in [5.41, 5.74) is -0.173. The highest BCUT2D eigenvalue weighted by Gasteiger charge is 2.42. The second-order valence-corrected chi connectivity index (χ2v) is 8.01. The Hall–Kier alpha value is -3.91. The van der Waals surface area contributed by atoms with Crippen LogP contribution in [0.2, 0.25) is 5.02 Å². The number of rotatable bonds is 5. The van der Waals surface area contributed by atoms with Crippen LogP contribution < -0.4 is 0 Å². The van der Waals surface area contributed by atoms with E-state index in [1.165, 1.54) is 6.07 Å². The fraction of sp³-hybridized carbons (Fsp3) is 0.0800. The third-order valence-corrected chi connectivity index (χ3v) is 5.62. The van der Waals surface area contributed by atoms with Gasteiger partial charge in [-0.1, -0.05) is 65.3 Å². The van der Waals surface area contributed by atoms with Gasteiger partial charge in [0.25, 0.3) is 5.89 Å². The van der Waals surface area contributed by atoms with Gasteiger partial charge in [-0.3, -0.25) is 4.79 Å². The molecule has 34 heavy (non-hydrogen) atoms. The summed E-state index contributed by atoms with van der Waals surface area (Å²) in [7, 11) is 0. The van der Waals surface area contributed by atoms with E-state index in [1.807, 2.05) is 0 Å². The lowest BCUT2D eigenvalue weighted by atomic mass is 10.1. The molecule has 5 aromatic rings. The molecule has 2 aromatic heterocycles. The molecule has 5 nitrogen and oxygen atoms in total. The highest BCUT2D eigenvalue weighted by molar-refractivity contribution is 6.30. The predicted molar refractivity (Wildman–Crippen MR) is 121 cm³/mol. The number of carbonyl (C=O) groups is 1. The smallest absolute Gasteiger partial charge is 0.333 e. The maximum atomic E-state index is 14.4. The molecule has 3 aromatic carbocycles. The Morgan fingerprint density at radius 1 is 0.941 bits per heavy atom. The van der Waals surface area contributed by atoms with Crippen molar-refractivity contribution in [2.24, 2.45) is 0 Å². The van der Waals surface area contributed by atoms with Crippen molar-refractivity contribution >= 4 is 28.3 Å². The minimum absolute atomic E-state index is 0.0439. The van der Waals surface area contributed by atoms with Gasteiger partial charge in [-0.05, 0) is 35.9 Å². The monoisotopic (exact) mass is 481 g/mol. The molecule has 0 amide bonds. The Morgan fingerprint density at radius 3 is 2.32 bits per heavy atom. The highest BCUT2D eigenvalue weighted by atomic mass is 35.5. The number of benzene rings is 3. The summed E-state index contributed by atoms with van der Waals surface area (Å²) in [5, 5.41) is 4.30. The Labute approximate surface area is 196 Å². The topological polar surface area (TPSA) is 60.9 Å². The molecule has 0 unspecified atom stereocenters. The van der Waals surface area contributed by atoms with E-state index < -0.39 is 29.0 Å². The second kappa shape index (κ2) is 8.46. The highest BCUT2D eigenvalue weighted by Crippen LogP contribution is 2.39. The van der Waals surface area contributed by atoms with Crippen LogP contribution >= 0.6 is 11.6 Å². The van der Waals surface area contributed by atoms with Crippen molar-refractivity contribution in [1.29, 1.82) is 0 Å². The molecule has 0 spiro atoms. The Kier molecular flexibility index (Phi) is 5.45. The number of alkyl halides is 3. The number of fused-ring (bicyclic) bond motifs is 1. The Morgan fingerprint density at radius 2 is 1.62 bits per heavy atom. The minimum Gasteiger partial charge on any atom is -0.333 e. The molecule has 5 rings (SSSR count). The minimum atomic E-state index is -4.82. The first-order chi connectivity index (χ1) is 16.3. The molecule has 0 atom stereocenters. The van der Waals surface area contributed by atoms with Gasteiger partial charge in [0.15, 0.2) is 0 Å². The van der Waals surface area contributed by atoms with Crippen LogP contribution in [0.1, 0.15) is 27.4 Å². The summed E-state index contributed by atoms with van der Waals surface area (Å²) in [5.74, 6) is -1.37. The molecule has 2 heterocycles. The zero-order chi connectivity index (χ0) is 23.9. The number of halogens is 4. The van der Waals surface area contributed by atoms with E-state index in [0.717, 1.165) is 4.57 Å². The lowest BCUT2D eigenvalue weighted by molar-refractivity contribution is -0.143. The maximum Gasteiger partial charge on any atom is 0.432 e. The fourth-order valence-electron chi connectivity index (χ4n) is 3.89. The van der Waals surface area contributed by atoms with E-state index in [9.17, 15) is 18.0 Å². The lowest BCUT2D eigenvalue weighted by Crippen LogP contribution is -2.19. The molecule has 9 heteroatoms. The predicted octanol–water partition coefficient (Wildman–Crippen LogP) is 6.64. The van der Waals surface area contributed by atoms with Crippen LogP contribution in [0.5, 0.6) is 0 Å². The van der Waals surface area contributed by atoms with E-state index in [4.69, 9.17) is 16.1 Å². The zero-order valence-corrected chi connectivity index (χ0v) is 18.1.